The van der Waals surface area contributed by atoms with Gasteiger partial charge in [-0.2, -0.15) is 0 Å². The molecule has 0 aliphatic carbocycles. The van der Waals surface area contributed by atoms with Gasteiger partial charge < -0.3 is 10.4 Å². The van der Waals surface area contributed by atoms with E-state index >= 15 is 0 Å². The fourth-order valence-electron chi connectivity index (χ4n) is 3.69. The van der Waals surface area contributed by atoms with Crippen molar-refractivity contribution in [3.05, 3.63) is 54.4 Å². The first-order valence-electron chi connectivity index (χ1n) is 8.60. The van der Waals surface area contributed by atoms with Gasteiger partial charge in [0.1, 0.15) is 0 Å². The maximum absolute atomic E-state index is 12.6. The van der Waals surface area contributed by atoms with Crippen LogP contribution in [0.25, 0.3) is 11.1 Å². The van der Waals surface area contributed by atoms with Gasteiger partial charge in [-0.05, 0) is 36.1 Å². The number of aromatic nitrogens is 1. The molecule has 1 amide bonds. The van der Waals surface area contributed by atoms with Gasteiger partial charge in [-0.1, -0.05) is 30.3 Å². The predicted molar refractivity (Wildman–Crippen MR) is 104 cm³/mol. The third kappa shape index (κ3) is 3.30. The third-order valence-corrected chi connectivity index (χ3v) is 5.28. The Morgan fingerprint density at radius 2 is 1.96 bits per heavy atom. The van der Waals surface area contributed by atoms with E-state index in [2.05, 4.69) is 15.3 Å². The molecular weight excluding hydrogens is 350 g/mol. The summed E-state index contributed by atoms with van der Waals surface area (Å²) in [6.45, 7) is 2.52. The summed E-state index contributed by atoms with van der Waals surface area (Å²) >= 11 is 0. The summed E-state index contributed by atoms with van der Waals surface area (Å²) in [6.07, 6.45) is 4.46. The summed E-state index contributed by atoms with van der Waals surface area (Å²) in [7, 11) is 0. The molecule has 1 aromatic heterocycles. The van der Waals surface area contributed by atoms with Crippen LogP contribution in [0.2, 0.25) is 0 Å². The fraction of sp³-hybridized carbons (Fsp3) is 0.350. The molecule has 5 nitrogen and oxygen atoms in total. The third-order valence-electron chi connectivity index (χ3n) is 5.28. The minimum atomic E-state index is -0.627. The lowest BCUT2D eigenvalue weighted by Crippen LogP contribution is -2.33. The van der Waals surface area contributed by atoms with Gasteiger partial charge in [-0.3, -0.25) is 9.78 Å². The van der Waals surface area contributed by atoms with E-state index in [0.29, 0.717) is 19.4 Å². The Morgan fingerprint density at radius 1 is 1.19 bits per heavy atom. The number of nitrogens with one attached hydrogen (secondary N) is 1. The molecule has 0 saturated carbocycles. The van der Waals surface area contributed by atoms with Crippen LogP contribution in [0.1, 0.15) is 25.3 Å². The maximum atomic E-state index is 12.6. The fourth-order valence-corrected chi connectivity index (χ4v) is 3.69. The van der Waals surface area contributed by atoms with Gasteiger partial charge in [0.15, 0.2) is 0 Å². The SMILES string of the molecule is CC1(c2ccc(-c3cccnc3)cc2)CC(C2C[C@@H](O)CN2)=NC1=O.Cl. The number of nitrogens with zero attached hydrogens (tertiary/aromatic N) is 2. The number of carbonyl (C=O) groups excluding carboxylic acids is 1. The minimum Gasteiger partial charge on any atom is -0.392 e. The Labute approximate surface area is 159 Å². The Morgan fingerprint density at radius 3 is 2.58 bits per heavy atom. The molecule has 3 heterocycles. The van der Waals surface area contributed by atoms with Crippen LogP contribution in [0, 0.1) is 0 Å². The molecular formula is C20H22ClN3O2. The highest BCUT2D eigenvalue weighted by atomic mass is 35.5. The zero-order valence-corrected chi connectivity index (χ0v) is 15.4. The van der Waals surface area contributed by atoms with Crippen molar-refractivity contribution in [2.75, 3.05) is 6.54 Å². The Bertz CT molecular complexity index is 823. The first-order valence-corrected chi connectivity index (χ1v) is 8.60. The minimum absolute atomic E-state index is 0. The highest BCUT2D eigenvalue weighted by Crippen LogP contribution is 2.36. The Balaban J connectivity index is 0.00000196. The lowest BCUT2D eigenvalue weighted by atomic mass is 9.78. The molecule has 0 radical (unpaired) electrons. The standard InChI is InChI=1S/C20H21N3O2.ClH/c1-20(10-18(23-19(20)25)17-9-16(24)12-22-17)15-6-4-13(5-7-15)14-3-2-8-21-11-14;/h2-8,11,16-17,22,24H,9-10,12H2,1H3;1H/t16-,17?,20?;/m1./s1. The van der Waals surface area contributed by atoms with Crippen molar-refractivity contribution in [3.63, 3.8) is 0 Å². The van der Waals surface area contributed by atoms with Crippen molar-refractivity contribution >= 4 is 24.0 Å². The van der Waals surface area contributed by atoms with Crippen molar-refractivity contribution in [1.82, 2.24) is 10.3 Å². The molecule has 1 saturated heterocycles. The van der Waals surface area contributed by atoms with Crippen LogP contribution >= 0.6 is 12.4 Å². The summed E-state index contributed by atoms with van der Waals surface area (Å²) < 4.78 is 0. The number of aliphatic hydroxyl groups is 1. The van der Waals surface area contributed by atoms with Crippen LogP contribution in [0.3, 0.4) is 0 Å². The summed E-state index contributed by atoms with van der Waals surface area (Å²) in [5.74, 6) is -0.0974. The number of benzene rings is 1. The molecule has 0 spiro atoms. The van der Waals surface area contributed by atoms with E-state index < -0.39 is 5.41 Å². The van der Waals surface area contributed by atoms with Gasteiger partial charge >= 0.3 is 0 Å². The second-order valence-corrected chi connectivity index (χ2v) is 7.09. The van der Waals surface area contributed by atoms with Crippen LogP contribution in [-0.4, -0.2) is 40.4 Å². The highest BCUT2D eigenvalue weighted by molar-refractivity contribution is 6.10. The van der Waals surface area contributed by atoms with Gasteiger partial charge in [-0.15, -0.1) is 12.4 Å². The first-order chi connectivity index (χ1) is 12.1. The van der Waals surface area contributed by atoms with Gasteiger partial charge in [0.2, 0.25) is 0 Å². The largest absolute Gasteiger partial charge is 0.392 e. The number of hydrogen-bond donors (Lipinski definition) is 2. The Kier molecular flexibility index (Phi) is 5.23. The second-order valence-electron chi connectivity index (χ2n) is 7.09. The number of rotatable bonds is 3. The van der Waals surface area contributed by atoms with E-state index in [4.69, 9.17) is 0 Å². The van der Waals surface area contributed by atoms with Crippen molar-refractivity contribution < 1.29 is 9.90 Å². The number of carbonyl (C=O) groups is 1. The molecule has 2 N–H and O–H groups in total. The molecule has 6 heteroatoms. The Hall–Kier alpha value is -2.08. The van der Waals surface area contributed by atoms with Crippen molar-refractivity contribution in [2.24, 2.45) is 4.99 Å². The molecule has 2 unspecified atom stereocenters. The zero-order chi connectivity index (χ0) is 17.4. The van der Waals surface area contributed by atoms with E-state index in [-0.39, 0.29) is 30.5 Å². The maximum Gasteiger partial charge on any atom is 0.256 e. The average Bonchev–Trinajstić information content (AvgIpc) is 3.20. The number of aliphatic hydroxyl groups excluding tert-OH is 1. The summed E-state index contributed by atoms with van der Waals surface area (Å²) in [4.78, 5) is 21.1. The molecule has 2 aliphatic rings. The highest BCUT2D eigenvalue weighted by Gasteiger charge is 2.44. The molecule has 1 aromatic carbocycles. The second kappa shape index (κ2) is 7.27. The van der Waals surface area contributed by atoms with E-state index in [1.807, 2.05) is 49.5 Å². The van der Waals surface area contributed by atoms with Gasteiger partial charge in [0.25, 0.3) is 5.91 Å². The molecule has 2 aromatic rings. The quantitative estimate of drug-likeness (QED) is 0.869. The molecule has 2 aliphatic heterocycles. The van der Waals surface area contributed by atoms with Crippen LogP contribution < -0.4 is 5.32 Å². The number of halogens is 1. The number of amides is 1. The molecule has 0 bridgehead atoms. The van der Waals surface area contributed by atoms with Gasteiger partial charge in [0.05, 0.1) is 11.5 Å². The predicted octanol–water partition coefficient (Wildman–Crippen LogP) is 2.52. The normalized spacial score (nSPS) is 27.9. The van der Waals surface area contributed by atoms with E-state index in [0.717, 1.165) is 22.4 Å². The zero-order valence-electron chi connectivity index (χ0n) is 14.6. The number of aliphatic imine (C=N–C) groups is 1. The lowest BCUT2D eigenvalue weighted by molar-refractivity contribution is -0.121. The monoisotopic (exact) mass is 371 g/mol. The van der Waals surface area contributed by atoms with E-state index in [9.17, 15) is 9.90 Å². The molecule has 4 rings (SSSR count). The number of β-amino-alcohol motifs (C(OH)–C–C–N with tert-alkyl or cyclic N) is 1. The molecule has 1 fully saturated rings. The van der Waals surface area contributed by atoms with Crippen molar-refractivity contribution in [2.45, 2.75) is 37.3 Å². The summed E-state index contributed by atoms with van der Waals surface area (Å²) in [5, 5.41) is 13.0. The van der Waals surface area contributed by atoms with Crippen molar-refractivity contribution in [3.8, 4) is 11.1 Å². The molecule has 26 heavy (non-hydrogen) atoms. The van der Waals surface area contributed by atoms with Crippen LogP contribution in [0.4, 0.5) is 0 Å². The van der Waals surface area contributed by atoms with Crippen molar-refractivity contribution in [1.29, 1.82) is 0 Å². The number of pyridine rings is 1. The van der Waals surface area contributed by atoms with Crippen LogP contribution in [-0.2, 0) is 10.2 Å². The van der Waals surface area contributed by atoms with Crippen LogP contribution in [0.5, 0.6) is 0 Å². The summed E-state index contributed by atoms with van der Waals surface area (Å²) in [5.41, 5.74) is 3.34. The first kappa shape index (κ1) is 18.7. The number of hydrogen-bond acceptors (Lipinski definition) is 4. The van der Waals surface area contributed by atoms with Crippen LogP contribution in [0.15, 0.2) is 53.8 Å². The summed E-state index contributed by atoms with van der Waals surface area (Å²) in [6, 6.07) is 12.0. The topological polar surface area (TPSA) is 74.6 Å². The van der Waals surface area contributed by atoms with Gasteiger partial charge in [0, 0.05) is 37.1 Å². The van der Waals surface area contributed by atoms with E-state index in [1.165, 1.54) is 0 Å². The average molecular weight is 372 g/mol. The lowest BCUT2D eigenvalue weighted by Gasteiger charge is -2.22. The van der Waals surface area contributed by atoms with E-state index in [1.54, 1.807) is 6.20 Å². The molecule has 3 atom stereocenters. The smallest absolute Gasteiger partial charge is 0.256 e. The van der Waals surface area contributed by atoms with Gasteiger partial charge in [-0.25, -0.2) is 4.99 Å². The molecule has 136 valence electrons.